The van der Waals surface area contributed by atoms with Crippen LogP contribution in [0.5, 0.6) is 0 Å². The molecule has 0 bridgehead atoms. The van der Waals surface area contributed by atoms with Crippen LogP contribution in [0, 0.1) is 0 Å². The number of pyridine rings is 2. The molecule has 4 aromatic rings. The number of benzene rings is 2. The van der Waals surface area contributed by atoms with Crippen molar-refractivity contribution in [3.05, 3.63) is 74.4 Å². The molecule has 0 atom stereocenters. The zero-order valence-electron chi connectivity index (χ0n) is 12.5. The molecule has 106 valence electrons. The molecule has 2 nitrogen and oxygen atoms in total. The Labute approximate surface area is 129 Å². The van der Waals surface area contributed by atoms with E-state index in [1.165, 1.54) is 32.3 Å². The summed E-state index contributed by atoms with van der Waals surface area (Å²) in [6.07, 6.45) is 12.7. The maximum absolute atomic E-state index is 3.83. The van der Waals surface area contributed by atoms with E-state index in [0.717, 1.165) is 13.1 Å². The zero-order valence-corrected chi connectivity index (χ0v) is 12.5. The number of nitrogens with zero attached hydrogens (tertiary/aromatic N) is 2. The van der Waals surface area contributed by atoms with E-state index < -0.39 is 0 Å². The van der Waals surface area contributed by atoms with Crippen LogP contribution in [-0.2, 0) is 13.1 Å². The summed E-state index contributed by atoms with van der Waals surface area (Å²) in [5.74, 6) is 0. The van der Waals surface area contributed by atoms with Crippen molar-refractivity contribution in [1.82, 2.24) is 0 Å². The highest BCUT2D eigenvalue weighted by atomic mass is 14.9. The molecule has 0 N–H and O–H groups in total. The normalized spacial score (nSPS) is 11.5. The summed E-state index contributed by atoms with van der Waals surface area (Å²) in [7, 11) is 0. The molecule has 4 rings (SSSR count). The van der Waals surface area contributed by atoms with Gasteiger partial charge in [0.25, 0.3) is 0 Å². The predicted molar refractivity (Wildman–Crippen MR) is 90.9 cm³/mol. The van der Waals surface area contributed by atoms with E-state index in [1.807, 2.05) is 12.2 Å². The van der Waals surface area contributed by atoms with Crippen LogP contribution >= 0.6 is 0 Å². The second-order valence-electron chi connectivity index (χ2n) is 5.73. The summed E-state index contributed by atoms with van der Waals surface area (Å²) in [6.45, 7) is 9.32. The standard InChI is InChI=1S/C20H18N2/c1-3-9-21-11-15-5-7-17-13-22(10-4-2)14-18-8-6-16(12-21)19(15)20(17)18/h3-8,11-14H,1-2,9-10H2/q+2. The molecule has 0 spiro atoms. The fourth-order valence-electron chi connectivity index (χ4n) is 3.33. The first-order valence-corrected chi connectivity index (χ1v) is 7.52. The number of hydrogen-bond acceptors (Lipinski definition) is 0. The molecule has 0 aliphatic rings. The minimum absolute atomic E-state index is 0.829. The lowest BCUT2D eigenvalue weighted by Gasteiger charge is -2.08. The Morgan fingerprint density at radius 3 is 1.23 bits per heavy atom. The van der Waals surface area contributed by atoms with Crippen LogP contribution in [0.25, 0.3) is 32.3 Å². The Morgan fingerprint density at radius 2 is 0.955 bits per heavy atom. The monoisotopic (exact) mass is 286 g/mol. The average molecular weight is 286 g/mol. The quantitative estimate of drug-likeness (QED) is 0.308. The third-order valence-corrected chi connectivity index (χ3v) is 4.19. The van der Waals surface area contributed by atoms with Gasteiger partial charge in [0.05, 0.1) is 0 Å². The summed E-state index contributed by atoms with van der Waals surface area (Å²) >= 11 is 0. The minimum Gasteiger partial charge on any atom is -0.200 e. The van der Waals surface area contributed by atoms with Crippen molar-refractivity contribution in [2.45, 2.75) is 13.1 Å². The zero-order chi connectivity index (χ0) is 15.1. The molecule has 0 aliphatic carbocycles. The maximum atomic E-state index is 3.83. The maximum Gasteiger partial charge on any atom is 0.177 e. The molecular formula is C20H18N2+2. The Morgan fingerprint density at radius 1 is 0.636 bits per heavy atom. The van der Waals surface area contributed by atoms with Crippen molar-refractivity contribution in [3.8, 4) is 0 Å². The lowest BCUT2D eigenvalue weighted by Crippen LogP contribution is -2.32. The highest BCUT2D eigenvalue weighted by Gasteiger charge is 2.15. The van der Waals surface area contributed by atoms with Crippen molar-refractivity contribution >= 4 is 32.3 Å². The van der Waals surface area contributed by atoms with E-state index in [2.05, 4.69) is 71.3 Å². The van der Waals surface area contributed by atoms with Gasteiger partial charge >= 0.3 is 0 Å². The van der Waals surface area contributed by atoms with Gasteiger partial charge in [0, 0.05) is 32.3 Å². The van der Waals surface area contributed by atoms with Gasteiger partial charge in [-0.2, -0.15) is 0 Å². The Hall–Kier alpha value is -2.74. The van der Waals surface area contributed by atoms with E-state index in [1.54, 1.807) is 0 Å². The summed E-state index contributed by atoms with van der Waals surface area (Å²) < 4.78 is 4.37. The van der Waals surface area contributed by atoms with E-state index in [9.17, 15) is 0 Å². The van der Waals surface area contributed by atoms with Crippen LogP contribution in [0.1, 0.15) is 0 Å². The number of rotatable bonds is 4. The second kappa shape index (κ2) is 4.92. The number of aromatic nitrogens is 2. The smallest absolute Gasteiger partial charge is 0.177 e. The molecular weight excluding hydrogens is 268 g/mol. The summed E-state index contributed by atoms with van der Waals surface area (Å²) in [5.41, 5.74) is 0. The summed E-state index contributed by atoms with van der Waals surface area (Å²) in [6, 6.07) is 8.84. The molecule has 0 unspecified atom stereocenters. The van der Waals surface area contributed by atoms with E-state index >= 15 is 0 Å². The Bertz CT molecular complexity index is 865. The van der Waals surface area contributed by atoms with Gasteiger partial charge in [-0.25, -0.2) is 9.13 Å². The van der Waals surface area contributed by atoms with Gasteiger partial charge in [-0.3, -0.25) is 0 Å². The molecule has 0 amide bonds. The van der Waals surface area contributed by atoms with Crippen molar-refractivity contribution in [3.63, 3.8) is 0 Å². The fourth-order valence-corrected chi connectivity index (χ4v) is 3.33. The van der Waals surface area contributed by atoms with E-state index in [4.69, 9.17) is 0 Å². The van der Waals surface area contributed by atoms with Crippen LogP contribution in [-0.4, -0.2) is 0 Å². The lowest BCUT2D eigenvalue weighted by atomic mass is 9.97. The van der Waals surface area contributed by atoms with Gasteiger partial charge in [0.1, 0.15) is 0 Å². The first-order valence-electron chi connectivity index (χ1n) is 7.52. The Kier molecular flexibility index (Phi) is 2.90. The fraction of sp³-hybridized carbons (Fsp3) is 0.100. The van der Waals surface area contributed by atoms with E-state index in [-0.39, 0.29) is 0 Å². The molecule has 0 saturated heterocycles. The van der Waals surface area contributed by atoms with Gasteiger partial charge in [0.2, 0.25) is 0 Å². The topological polar surface area (TPSA) is 7.76 Å². The van der Waals surface area contributed by atoms with Crippen LogP contribution in [0.3, 0.4) is 0 Å². The summed E-state index contributed by atoms with van der Waals surface area (Å²) in [4.78, 5) is 0. The molecule has 2 aromatic heterocycles. The third kappa shape index (κ3) is 1.88. The third-order valence-electron chi connectivity index (χ3n) is 4.19. The predicted octanol–water partition coefficient (Wildman–Crippen LogP) is 3.53. The molecule has 0 fully saturated rings. The van der Waals surface area contributed by atoms with Crippen LogP contribution < -0.4 is 9.13 Å². The van der Waals surface area contributed by atoms with Crippen molar-refractivity contribution in [2.24, 2.45) is 0 Å². The number of hydrogen-bond donors (Lipinski definition) is 0. The highest BCUT2D eigenvalue weighted by molar-refractivity contribution is 6.21. The molecule has 2 aromatic carbocycles. The molecule has 2 heteroatoms. The second-order valence-corrected chi connectivity index (χ2v) is 5.73. The van der Waals surface area contributed by atoms with Crippen LogP contribution in [0.15, 0.2) is 74.4 Å². The first-order chi connectivity index (χ1) is 10.8. The molecule has 0 radical (unpaired) electrons. The Balaban J connectivity index is 2.11. The first kappa shape index (κ1) is 13.0. The molecule has 2 heterocycles. The van der Waals surface area contributed by atoms with Crippen molar-refractivity contribution in [2.75, 3.05) is 0 Å². The summed E-state index contributed by atoms with van der Waals surface area (Å²) in [5, 5.41) is 7.80. The lowest BCUT2D eigenvalue weighted by molar-refractivity contribution is -0.684. The van der Waals surface area contributed by atoms with Crippen LogP contribution in [0.2, 0.25) is 0 Å². The van der Waals surface area contributed by atoms with Crippen molar-refractivity contribution in [1.29, 1.82) is 0 Å². The highest BCUT2D eigenvalue weighted by Crippen LogP contribution is 2.32. The molecule has 22 heavy (non-hydrogen) atoms. The largest absolute Gasteiger partial charge is 0.200 e. The minimum atomic E-state index is 0.829. The van der Waals surface area contributed by atoms with Gasteiger partial charge in [-0.05, 0) is 36.4 Å². The SMILES string of the molecule is C=CC[n+]1cc2ccc3c[n+](CC=C)cc4ccc(c1)c2c34. The van der Waals surface area contributed by atoms with Gasteiger partial charge in [-0.1, -0.05) is 13.2 Å². The van der Waals surface area contributed by atoms with E-state index in [0.29, 0.717) is 0 Å². The van der Waals surface area contributed by atoms with Gasteiger partial charge in [-0.15, -0.1) is 0 Å². The average Bonchev–Trinajstić information content (AvgIpc) is 2.53. The van der Waals surface area contributed by atoms with Gasteiger partial charge < -0.3 is 0 Å². The van der Waals surface area contributed by atoms with Crippen molar-refractivity contribution < 1.29 is 9.13 Å². The molecule has 0 aliphatic heterocycles. The number of allylic oxidation sites excluding steroid dienone is 2. The van der Waals surface area contributed by atoms with Crippen LogP contribution in [0.4, 0.5) is 0 Å². The van der Waals surface area contributed by atoms with Gasteiger partial charge in [0.15, 0.2) is 37.9 Å². The molecule has 0 saturated carbocycles.